The predicted octanol–water partition coefficient (Wildman–Crippen LogP) is 2.05. The average molecular weight is 291 g/mol. The van der Waals surface area contributed by atoms with E-state index in [0.29, 0.717) is 6.04 Å². The first-order valence-corrected chi connectivity index (χ1v) is 7.66. The lowest BCUT2D eigenvalue weighted by atomic mass is 10.1. The first kappa shape index (κ1) is 13.2. The molecule has 0 bridgehead atoms. The van der Waals surface area contributed by atoms with Crippen LogP contribution in [0.25, 0.3) is 0 Å². The Kier molecular flexibility index (Phi) is 3.52. The number of hydrogen-bond acceptors (Lipinski definition) is 5. The van der Waals surface area contributed by atoms with Gasteiger partial charge in [-0.2, -0.15) is 0 Å². The Morgan fingerprint density at radius 2 is 2.30 bits per heavy atom. The highest BCUT2D eigenvalue weighted by molar-refractivity contribution is 7.10. The molecule has 1 fully saturated rings. The van der Waals surface area contributed by atoms with Gasteiger partial charge in [-0.25, -0.2) is 4.68 Å². The fourth-order valence-corrected chi connectivity index (χ4v) is 2.92. The number of aromatic nitrogens is 4. The number of rotatable bonds is 5. The highest BCUT2D eigenvalue weighted by Gasteiger charge is 2.30. The number of carbonyl (C=O) groups excluding carboxylic acids is 1. The summed E-state index contributed by atoms with van der Waals surface area (Å²) in [5.74, 6) is 0.590. The highest BCUT2D eigenvalue weighted by atomic mass is 32.1. The summed E-state index contributed by atoms with van der Waals surface area (Å²) in [7, 11) is 0. The van der Waals surface area contributed by atoms with Crippen LogP contribution in [-0.4, -0.2) is 26.1 Å². The molecule has 7 heteroatoms. The molecular weight excluding hydrogens is 274 g/mol. The molecule has 2 aromatic rings. The predicted molar refractivity (Wildman–Crippen MR) is 75.4 cm³/mol. The molecule has 1 saturated carbocycles. The van der Waals surface area contributed by atoms with Gasteiger partial charge in [-0.1, -0.05) is 6.07 Å². The van der Waals surface area contributed by atoms with Crippen molar-refractivity contribution in [2.24, 2.45) is 0 Å². The van der Waals surface area contributed by atoms with Crippen LogP contribution < -0.4 is 5.32 Å². The molecule has 0 radical (unpaired) electrons. The largest absolute Gasteiger partial charge is 0.346 e. The van der Waals surface area contributed by atoms with Gasteiger partial charge in [-0.05, 0) is 48.6 Å². The van der Waals surface area contributed by atoms with Crippen molar-refractivity contribution in [1.29, 1.82) is 0 Å². The van der Waals surface area contributed by atoms with Gasteiger partial charge in [0.1, 0.15) is 0 Å². The fraction of sp³-hybridized carbons (Fsp3) is 0.538. The molecule has 1 aliphatic carbocycles. The van der Waals surface area contributed by atoms with Crippen molar-refractivity contribution in [2.75, 3.05) is 0 Å². The summed E-state index contributed by atoms with van der Waals surface area (Å²) in [6.07, 6.45) is 2.23. The van der Waals surface area contributed by atoms with E-state index in [4.69, 9.17) is 0 Å². The maximum atomic E-state index is 12.3. The van der Waals surface area contributed by atoms with E-state index in [1.165, 1.54) is 0 Å². The molecule has 6 nitrogen and oxygen atoms in total. The van der Waals surface area contributed by atoms with Crippen LogP contribution in [0.2, 0.25) is 0 Å². The van der Waals surface area contributed by atoms with Crippen LogP contribution in [0.3, 0.4) is 0 Å². The number of tetrazole rings is 1. The van der Waals surface area contributed by atoms with Crippen LogP contribution >= 0.6 is 11.3 Å². The molecular formula is C13H17N5OS. The molecule has 0 aliphatic heterocycles. The van der Waals surface area contributed by atoms with Gasteiger partial charge in [-0.3, -0.25) is 4.79 Å². The Morgan fingerprint density at radius 3 is 2.95 bits per heavy atom. The van der Waals surface area contributed by atoms with Gasteiger partial charge < -0.3 is 5.32 Å². The van der Waals surface area contributed by atoms with E-state index in [2.05, 4.69) is 20.8 Å². The number of amides is 1. The Morgan fingerprint density at radius 1 is 1.50 bits per heavy atom. The number of thiophene rings is 1. The van der Waals surface area contributed by atoms with E-state index in [1.54, 1.807) is 11.3 Å². The van der Waals surface area contributed by atoms with Gasteiger partial charge in [0.2, 0.25) is 5.91 Å². The summed E-state index contributed by atoms with van der Waals surface area (Å²) < 4.78 is 1.83. The van der Waals surface area contributed by atoms with E-state index in [-0.39, 0.29) is 17.9 Å². The quantitative estimate of drug-likeness (QED) is 0.915. The Hall–Kier alpha value is -1.76. The number of nitrogens with one attached hydrogen (secondary N) is 1. The molecule has 1 amide bonds. The molecule has 0 unspecified atom stereocenters. The van der Waals surface area contributed by atoms with Crippen molar-refractivity contribution in [3.8, 4) is 0 Å². The Balaban J connectivity index is 1.67. The minimum atomic E-state index is -0.180. The topological polar surface area (TPSA) is 72.7 Å². The summed E-state index contributed by atoms with van der Waals surface area (Å²) in [5.41, 5.74) is 0. The van der Waals surface area contributed by atoms with Crippen molar-refractivity contribution in [2.45, 2.75) is 44.7 Å². The molecule has 2 atom stereocenters. The Bertz CT molecular complexity index is 590. The monoisotopic (exact) mass is 291 g/mol. The molecule has 106 valence electrons. The van der Waals surface area contributed by atoms with E-state index in [0.717, 1.165) is 23.5 Å². The van der Waals surface area contributed by atoms with Crippen molar-refractivity contribution in [3.05, 3.63) is 28.2 Å². The lowest BCUT2D eigenvalue weighted by Crippen LogP contribution is -2.31. The number of hydrogen-bond donors (Lipinski definition) is 1. The van der Waals surface area contributed by atoms with Gasteiger partial charge in [0.25, 0.3) is 0 Å². The van der Waals surface area contributed by atoms with Crippen LogP contribution in [0.4, 0.5) is 0 Å². The van der Waals surface area contributed by atoms with Gasteiger partial charge in [0.15, 0.2) is 5.82 Å². The average Bonchev–Trinajstić information content (AvgIpc) is 2.97. The molecule has 3 rings (SSSR count). The maximum Gasteiger partial charge on any atom is 0.228 e. The molecule has 2 aromatic heterocycles. The smallest absolute Gasteiger partial charge is 0.228 e. The third kappa shape index (κ3) is 2.58. The van der Waals surface area contributed by atoms with Gasteiger partial charge >= 0.3 is 0 Å². The third-order valence-corrected chi connectivity index (χ3v) is 4.58. The van der Waals surface area contributed by atoms with Gasteiger partial charge in [-0.15, -0.1) is 16.4 Å². The minimum Gasteiger partial charge on any atom is -0.346 e. The summed E-state index contributed by atoms with van der Waals surface area (Å²) in [4.78, 5) is 13.3. The van der Waals surface area contributed by atoms with Crippen molar-refractivity contribution >= 4 is 17.2 Å². The van der Waals surface area contributed by atoms with E-state index >= 15 is 0 Å². The maximum absolute atomic E-state index is 12.3. The van der Waals surface area contributed by atoms with Gasteiger partial charge in [0.05, 0.1) is 18.0 Å². The second kappa shape index (κ2) is 5.32. The summed E-state index contributed by atoms with van der Waals surface area (Å²) in [6.45, 7) is 3.83. The van der Waals surface area contributed by atoms with Crippen molar-refractivity contribution < 1.29 is 4.79 Å². The lowest BCUT2D eigenvalue weighted by molar-refractivity contribution is -0.122. The van der Waals surface area contributed by atoms with Crippen molar-refractivity contribution in [1.82, 2.24) is 25.5 Å². The standard InChI is InChI=1S/C13H17N5OS/c1-8(11-4-3-7-20-11)13(19)14-9(2)12-15-16-17-18(12)10-5-6-10/h3-4,7-10H,5-6H2,1-2H3,(H,14,19)/t8-,9+/m0/s1. The zero-order valence-electron chi connectivity index (χ0n) is 11.5. The van der Waals surface area contributed by atoms with Crippen molar-refractivity contribution in [3.63, 3.8) is 0 Å². The molecule has 1 aliphatic rings. The molecule has 0 spiro atoms. The first-order valence-electron chi connectivity index (χ1n) is 6.78. The second-order valence-corrected chi connectivity index (χ2v) is 6.16. The van der Waals surface area contributed by atoms with Crippen LogP contribution in [0.1, 0.15) is 55.4 Å². The van der Waals surface area contributed by atoms with Crippen LogP contribution in [0, 0.1) is 0 Å². The molecule has 0 aromatic carbocycles. The van der Waals surface area contributed by atoms with Crippen LogP contribution in [-0.2, 0) is 4.79 Å². The van der Waals surface area contributed by atoms with E-state index < -0.39 is 0 Å². The SMILES string of the molecule is C[C@H](C(=O)N[C@H](C)c1nnnn1C1CC1)c1cccs1. The lowest BCUT2D eigenvalue weighted by Gasteiger charge is -2.16. The zero-order valence-corrected chi connectivity index (χ0v) is 12.3. The first-order chi connectivity index (χ1) is 9.66. The highest BCUT2D eigenvalue weighted by Crippen LogP contribution is 2.35. The third-order valence-electron chi connectivity index (χ3n) is 3.52. The summed E-state index contributed by atoms with van der Waals surface area (Å²) in [6, 6.07) is 4.17. The van der Waals surface area contributed by atoms with Gasteiger partial charge in [0, 0.05) is 4.88 Å². The molecule has 20 heavy (non-hydrogen) atoms. The van der Waals surface area contributed by atoms with E-state index in [9.17, 15) is 4.79 Å². The molecule has 0 saturated heterocycles. The second-order valence-electron chi connectivity index (χ2n) is 5.18. The Labute approximate surface area is 121 Å². The summed E-state index contributed by atoms with van der Waals surface area (Å²) >= 11 is 1.60. The van der Waals surface area contributed by atoms with Crippen LogP contribution in [0.5, 0.6) is 0 Å². The molecule has 2 heterocycles. The van der Waals surface area contributed by atoms with E-state index in [1.807, 2.05) is 36.0 Å². The zero-order chi connectivity index (χ0) is 14.1. The molecule has 1 N–H and O–H groups in total. The minimum absolute atomic E-state index is 0.00490. The normalized spacial score (nSPS) is 17.7. The number of nitrogens with zero attached hydrogens (tertiary/aromatic N) is 4. The number of carbonyl (C=O) groups is 1. The summed E-state index contributed by atoms with van der Waals surface area (Å²) in [5, 5.41) is 16.8. The fourth-order valence-electron chi connectivity index (χ4n) is 2.13. The van der Waals surface area contributed by atoms with Crippen LogP contribution in [0.15, 0.2) is 17.5 Å².